The van der Waals surface area contributed by atoms with E-state index in [9.17, 15) is 22.4 Å². The van der Waals surface area contributed by atoms with Crippen molar-refractivity contribution in [3.05, 3.63) is 95.8 Å². The number of carbonyl (C=O) groups excluding carboxylic acids is 2. The molecule has 1 heterocycles. The smallest absolute Gasteiger partial charge is 0.255 e. The summed E-state index contributed by atoms with van der Waals surface area (Å²) in [5.41, 5.74) is 1.88. The van der Waals surface area contributed by atoms with Crippen LogP contribution in [0.15, 0.2) is 83.3 Å². The number of rotatable bonds is 14. The average molecular weight is 794 g/mol. The van der Waals surface area contributed by atoms with E-state index in [2.05, 4.69) is 81.3 Å². The molecule has 0 unspecified atom stereocenters. The van der Waals surface area contributed by atoms with Crippen molar-refractivity contribution < 1.29 is 36.3 Å². The predicted molar refractivity (Wildman–Crippen MR) is 257 cm³/mol. The molecule has 0 fully saturated rings. The number of nitrogens with one attached hydrogen (secondary N) is 2. The third-order valence-corrected chi connectivity index (χ3v) is 12.1. The van der Waals surface area contributed by atoms with Crippen LogP contribution in [0.5, 0.6) is 17.2 Å². The Hall–Kier alpha value is -4.78. The lowest BCUT2D eigenvalue weighted by atomic mass is 9.12. The minimum absolute atomic E-state index is 0.0947. The normalized spacial score (nSPS) is 12.5. The molecule has 5 aromatic rings. The molecule has 0 saturated heterocycles. The SMILES string of the molecule is BC(B)(B)C(NC(=O)c1cc(-c2cc3c(C(=O)NC)c(-c4ccc(Oc5ccc(F)cc5)cc4)oc3cc2N(CC)S(C)(=O)=O)ccc1OC)(C(B)(B)B)C(B)(B)B. The fourth-order valence-corrected chi connectivity index (χ4v) is 10.2. The molecule has 0 saturated carbocycles. The number of halogens is 1. The Morgan fingerprint density at radius 2 is 1.33 bits per heavy atom. The topological polar surface area (TPSA) is 127 Å². The molecule has 10 nitrogen and oxygen atoms in total. The Morgan fingerprint density at radius 1 is 0.793 bits per heavy atom. The van der Waals surface area contributed by atoms with Gasteiger partial charge in [-0.3, -0.25) is 13.9 Å². The summed E-state index contributed by atoms with van der Waals surface area (Å²) >= 11 is 0. The third-order valence-electron chi connectivity index (χ3n) is 10.8. The maximum atomic E-state index is 14.7. The number of ether oxygens (including phenoxy) is 2. The number of carbonyl (C=O) groups is 2. The summed E-state index contributed by atoms with van der Waals surface area (Å²) in [5.74, 6) is 0.378. The van der Waals surface area contributed by atoms with E-state index < -0.39 is 21.5 Å². The van der Waals surface area contributed by atoms with E-state index >= 15 is 0 Å². The molecule has 1 aromatic heterocycles. The summed E-state index contributed by atoms with van der Waals surface area (Å²) in [4.78, 5) is 28.4. The fraction of sp³-hybridized carbons (Fsp3) is 0.243. The fourth-order valence-electron chi connectivity index (χ4n) is 9.25. The van der Waals surface area contributed by atoms with Crippen molar-refractivity contribution in [2.45, 2.75) is 27.8 Å². The first-order chi connectivity index (χ1) is 26.9. The monoisotopic (exact) mass is 795 g/mol. The van der Waals surface area contributed by atoms with Crippen LogP contribution in [0, 0.1) is 5.82 Å². The van der Waals surface area contributed by atoms with Gasteiger partial charge in [0, 0.05) is 36.2 Å². The number of amides is 2. The van der Waals surface area contributed by atoms with Gasteiger partial charge < -0.3 is 24.5 Å². The first kappa shape index (κ1) is 44.3. The number of anilines is 1. The third kappa shape index (κ3) is 8.37. The van der Waals surface area contributed by atoms with Crippen LogP contribution in [-0.2, 0) is 10.0 Å². The molecule has 2 N–H and O–H groups in total. The summed E-state index contributed by atoms with van der Waals surface area (Å²) in [7, 11) is 18.4. The van der Waals surface area contributed by atoms with Crippen LogP contribution in [0.3, 0.4) is 0 Å². The summed E-state index contributed by atoms with van der Waals surface area (Å²) in [5, 5.41) is 5.47. The first-order valence-electron chi connectivity index (χ1n) is 19.2. The molecule has 0 aliphatic heterocycles. The quantitative estimate of drug-likeness (QED) is 0.128. The maximum Gasteiger partial charge on any atom is 0.255 e. The lowest BCUT2D eigenvalue weighted by Crippen LogP contribution is -2.71. The highest BCUT2D eigenvalue weighted by atomic mass is 32.2. The molecule has 4 aromatic carbocycles. The van der Waals surface area contributed by atoms with Crippen LogP contribution >= 0.6 is 0 Å². The standard InChI is InChI=1S/C37H47B9FN3O7S/c1-5-50(58(4,53)54)27-18-29-25(30(33(52)48-2)31(57-29)19-6-11-22(12-7-19)56-23-13-9-21(47)10-14-23)17-24(27)20-8-15-28(55-3)26(16-20)32(51)49-34(35(38,39)40,36(41,42)43)37(44,45)46/h6-18H,5,38-46H2,1-4H3,(H,48,52)(H,49,51). The molecule has 0 atom stereocenters. The number of fused-ring (bicyclic) bond motifs is 1. The molecule has 21 heteroatoms. The van der Waals surface area contributed by atoms with Crippen LogP contribution in [0.2, 0.25) is 15.3 Å². The van der Waals surface area contributed by atoms with Crippen molar-refractivity contribution in [3.8, 4) is 39.7 Å². The molecule has 0 aliphatic carbocycles. The number of hydrogen-bond donors (Lipinski definition) is 2. The number of nitrogens with zero attached hydrogens (tertiary/aromatic N) is 1. The van der Waals surface area contributed by atoms with Gasteiger partial charge in [0.15, 0.2) is 0 Å². The Morgan fingerprint density at radius 3 is 1.81 bits per heavy atom. The van der Waals surface area contributed by atoms with Crippen molar-refractivity contribution in [1.29, 1.82) is 0 Å². The highest BCUT2D eigenvalue weighted by Crippen LogP contribution is 2.53. The zero-order valence-corrected chi connectivity index (χ0v) is 36.6. The van der Waals surface area contributed by atoms with E-state index in [1.165, 1.54) is 42.7 Å². The largest absolute Gasteiger partial charge is 0.496 e. The molecule has 0 radical (unpaired) electrons. The molecule has 0 bridgehead atoms. The molecule has 2 amide bonds. The molecule has 58 heavy (non-hydrogen) atoms. The Balaban J connectivity index is 1.73. The predicted octanol–water partition coefficient (Wildman–Crippen LogP) is -1.76. The minimum Gasteiger partial charge on any atom is -0.496 e. The van der Waals surface area contributed by atoms with Crippen molar-refractivity contribution in [3.63, 3.8) is 0 Å². The molecule has 5 rings (SSSR count). The number of sulfonamides is 1. The molecule has 0 spiro atoms. The molecular formula is C37H47B9FN3O7S. The van der Waals surface area contributed by atoms with Crippen LogP contribution in [0.1, 0.15) is 27.6 Å². The zero-order valence-electron chi connectivity index (χ0n) is 35.8. The number of furan rings is 1. The summed E-state index contributed by atoms with van der Waals surface area (Å²) in [6.07, 6.45) is 1.13. The van der Waals surface area contributed by atoms with Crippen LogP contribution in [0.4, 0.5) is 10.1 Å². The molecule has 0 aliphatic rings. The lowest BCUT2D eigenvalue weighted by Gasteiger charge is -2.63. The maximum absolute atomic E-state index is 14.7. The van der Waals surface area contributed by atoms with E-state index in [4.69, 9.17) is 13.9 Å². The van der Waals surface area contributed by atoms with Gasteiger partial charge >= 0.3 is 0 Å². The number of hydrogen-bond acceptors (Lipinski definition) is 7. The highest BCUT2D eigenvalue weighted by Gasteiger charge is 2.56. The Bertz CT molecular complexity index is 2430. The first-order valence-corrected chi connectivity index (χ1v) is 21.1. The van der Waals surface area contributed by atoms with Gasteiger partial charge in [-0.25, -0.2) is 12.8 Å². The summed E-state index contributed by atoms with van der Waals surface area (Å²) < 4.78 is 59.4. The van der Waals surface area contributed by atoms with Gasteiger partial charge in [0.05, 0.1) is 101 Å². The second-order valence-electron chi connectivity index (χ2n) is 17.6. The van der Waals surface area contributed by atoms with Crippen LogP contribution < -0.4 is 24.4 Å². The van der Waals surface area contributed by atoms with E-state index in [1.807, 2.05) is 0 Å². The van der Waals surface area contributed by atoms with Gasteiger partial charge in [0.25, 0.3) is 11.8 Å². The van der Waals surface area contributed by atoms with E-state index in [1.54, 1.807) is 61.5 Å². The van der Waals surface area contributed by atoms with E-state index in [-0.39, 0.29) is 56.1 Å². The van der Waals surface area contributed by atoms with Gasteiger partial charge in [-0.05, 0) is 84.8 Å². The van der Waals surface area contributed by atoms with Crippen LogP contribution in [-0.4, -0.2) is 123 Å². The number of benzene rings is 4. The van der Waals surface area contributed by atoms with E-state index in [0.29, 0.717) is 45.0 Å². The summed E-state index contributed by atoms with van der Waals surface area (Å²) in [6, 6.07) is 21.0. The molecular weight excluding hydrogens is 747 g/mol. The zero-order chi connectivity index (χ0) is 43.2. The second kappa shape index (κ2) is 16.1. The molecule has 292 valence electrons. The van der Waals surface area contributed by atoms with Crippen molar-refractivity contribution in [1.82, 2.24) is 10.6 Å². The van der Waals surface area contributed by atoms with Gasteiger partial charge in [0.2, 0.25) is 10.0 Å². The van der Waals surface area contributed by atoms with Crippen molar-refractivity contribution in [2.75, 3.05) is 31.3 Å². The second-order valence-corrected chi connectivity index (χ2v) is 19.5. The van der Waals surface area contributed by atoms with Crippen LogP contribution in [0.25, 0.3) is 33.4 Å². The average Bonchev–Trinajstić information content (AvgIpc) is 3.50. The van der Waals surface area contributed by atoms with Gasteiger partial charge in [0.1, 0.15) is 34.4 Å². The Kier molecular flexibility index (Phi) is 12.3. The van der Waals surface area contributed by atoms with Gasteiger partial charge in [-0.2, -0.15) is 0 Å². The van der Waals surface area contributed by atoms with Crippen molar-refractivity contribution >= 4 is 109 Å². The van der Waals surface area contributed by atoms with Gasteiger partial charge in [-0.15, -0.1) is 0 Å². The van der Waals surface area contributed by atoms with Crippen molar-refractivity contribution in [2.24, 2.45) is 0 Å². The minimum atomic E-state index is -3.82. The summed E-state index contributed by atoms with van der Waals surface area (Å²) in [6.45, 7) is 1.82. The van der Waals surface area contributed by atoms with Gasteiger partial charge in [-0.1, -0.05) is 21.4 Å². The number of methoxy groups -OCH3 is 1. The lowest BCUT2D eigenvalue weighted by molar-refractivity contribution is 0.0892. The highest BCUT2D eigenvalue weighted by molar-refractivity contribution is 7.92. The van der Waals surface area contributed by atoms with E-state index in [0.717, 1.165) is 6.26 Å². The Labute approximate surface area is 349 Å².